The summed E-state index contributed by atoms with van der Waals surface area (Å²) < 4.78 is 53.7. The van der Waals surface area contributed by atoms with Crippen molar-refractivity contribution in [2.24, 2.45) is 5.92 Å². The zero-order valence-electron chi connectivity index (χ0n) is 21.8. The average Bonchev–Trinajstić information content (AvgIpc) is 3.41. The van der Waals surface area contributed by atoms with Gasteiger partial charge in [0.1, 0.15) is 41.2 Å². The Kier molecular flexibility index (Phi) is 5.79. The van der Waals surface area contributed by atoms with Gasteiger partial charge < -0.3 is 0 Å². The Morgan fingerprint density at radius 2 is 1.40 bits per heavy atom. The molecule has 0 saturated carbocycles. The molecule has 0 amide bonds. The van der Waals surface area contributed by atoms with E-state index in [-0.39, 0.29) is 11.1 Å². The van der Waals surface area contributed by atoms with Gasteiger partial charge in [-0.1, -0.05) is 43.4 Å². The fourth-order valence-electron chi connectivity index (χ4n) is 6.27. The molecule has 0 spiro atoms. The number of hydrogen-bond acceptors (Lipinski definition) is 4. The lowest BCUT2D eigenvalue weighted by Crippen LogP contribution is -2.26. The van der Waals surface area contributed by atoms with E-state index in [1.54, 1.807) is 12.1 Å². The van der Waals surface area contributed by atoms with Crippen molar-refractivity contribution in [2.45, 2.75) is 18.5 Å². The predicted octanol–water partition coefficient (Wildman–Crippen LogP) is 8.02. The van der Waals surface area contributed by atoms with E-state index < -0.39 is 28.9 Å². The van der Waals surface area contributed by atoms with Crippen molar-refractivity contribution in [2.75, 3.05) is 0 Å². The molecule has 2 atom stereocenters. The van der Waals surface area contributed by atoms with Crippen LogP contribution in [-0.4, -0.2) is 0 Å². The first-order chi connectivity index (χ1) is 20.0. The van der Waals surface area contributed by atoms with Crippen LogP contribution in [0.15, 0.2) is 84.0 Å². The SMILES string of the molecule is CC12C=CC(c3ccc(C(F)(F)F)cc3)=CC1C(=C(C#N)C#N)c1cc3c(cc12)C(=C(C#N)C#N)c1cc(F)ccc1-3. The third-order valence-corrected chi connectivity index (χ3v) is 8.26. The summed E-state index contributed by atoms with van der Waals surface area (Å²) in [5, 5.41) is 39.3. The van der Waals surface area contributed by atoms with Gasteiger partial charge in [-0.15, -0.1) is 0 Å². The van der Waals surface area contributed by atoms with Crippen LogP contribution in [0.4, 0.5) is 17.6 Å². The topological polar surface area (TPSA) is 95.2 Å². The molecular formula is C34H16F4N4. The van der Waals surface area contributed by atoms with Gasteiger partial charge in [-0.3, -0.25) is 0 Å². The summed E-state index contributed by atoms with van der Waals surface area (Å²) in [6, 6.07) is 20.4. The third kappa shape index (κ3) is 3.71. The molecule has 42 heavy (non-hydrogen) atoms. The highest BCUT2D eigenvalue weighted by atomic mass is 19.4. The van der Waals surface area contributed by atoms with Gasteiger partial charge in [-0.25, -0.2) is 4.39 Å². The van der Waals surface area contributed by atoms with Crippen LogP contribution in [0.1, 0.15) is 40.3 Å². The van der Waals surface area contributed by atoms with Crippen LogP contribution in [0.25, 0.3) is 27.8 Å². The van der Waals surface area contributed by atoms with Crippen molar-refractivity contribution in [3.05, 3.63) is 123 Å². The Hall–Kier alpha value is -5.70. The largest absolute Gasteiger partial charge is 0.416 e. The van der Waals surface area contributed by atoms with E-state index in [1.165, 1.54) is 24.3 Å². The van der Waals surface area contributed by atoms with Crippen molar-refractivity contribution in [1.29, 1.82) is 21.0 Å². The number of rotatable bonds is 1. The van der Waals surface area contributed by atoms with Crippen molar-refractivity contribution < 1.29 is 17.6 Å². The number of halogens is 4. The number of nitrogens with zero attached hydrogens (tertiary/aromatic N) is 4. The van der Waals surface area contributed by atoms with Crippen molar-refractivity contribution in [1.82, 2.24) is 0 Å². The molecule has 0 heterocycles. The van der Waals surface area contributed by atoms with E-state index in [2.05, 4.69) is 0 Å². The van der Waals surface area contributed by atoms with Crippen molar-refractivity contribution >= 4 is 16.7 Å². The van der Waals surface area contributed by atoms with E-state index in [0.29, 0.717) is 50.1 Å². The minimum Gasteiger partial charge on any atom is -0.207 e. The highest BCUT2D eigenvalue weighted by molar-refractivity contribution is 6.06. The maximum atomic E-state index is 14.3. The van der Waals surface area contributed by atoms with Gasteiger partial charge in [0.05, 0.1) is 5.56 Å². The molecule has 0 fully saturated rings. The molecule has 3 aliphatic carbocycles. The van der Waals surface area contributed by atoms with E-state index in [9.17, 15) is 38.6 Å². The van der Waals surface area contributed by atoms with Crippen LogP contribution in [0.2, 0.25) is 0 Å². The molecule has 0 radical (unpaired) electrons. The van der Waals surface area contributed by atoms with Gasteiger partial charge >= 0.3 is 6.18 Å². The first kappa shape index (κ1) is 26.5. The Balaban J connectivity index is 1.60. The van der Waals surface area contributed by atoms with Crippen LogP contribution in [0, 0.1) is 57.1 Å². The zero-order valence-corrected chi connectivity index (χ0v) is 21.8. The minimum absolute atomic E-state index is 0.105. The number of nitriles is 4. The van der Waals surface area contributed by atoms with E-state index in [1.807, 2.05) is 55.5 Å². The number of hydrogen-bond donors (Lipinski definition) is 0. The van der Waals surface area contributed by atoms with Crippen LogP contribution in [-0.2, 0) is 11.6 Å². The molecule has 200 valence electrons. The van der Waals surface area contributed by atoms with E-state index in [4.69, 9.17) is 0 Å². The van der Waals surface area contributed by atoms with Gasteiger partial charge in [0, 0.05) is 16.9 Å². The second-order valence-electron chi connectivity index (χ2n) is 10.4. The lowest BCUT2D eigenvalue weighted by molar-refractivity contribution is -0.137. The van der Waals surface area contributed by atoms with Crippen LogP contribution in [0.3, 0.4) is 0 Å². The first-order valence-corrected chi connectivity index (χ1v) is 12.7. The molecule has 0 N–H and O–H groups in total. The van der Waals surface area contributed by atoms with Gasteiger partial charge in [0.15, 0.2) is 0 Å². The highest BCUT2D eigenvalue weighted by Crippen LogP contribution is 2.58. The van der Waals surface area contributed by atoms with Gasteiger partial charge in [-0.05, 0) is 86.5 Å². The van der Waals surface area contributed by atoms with Crippen molar-refractivity contribution in [3.63, 3.8) is 0 Å². The van der Waals surface area contributed by atoms with Crippen LogP contribution < -0.4 is 0 Å². The second kappa shape index (κ2) is 9.17. The Labute approximate surface area is 238 Å². The molecule has 0 aliphatic heterocycles. The second-order valence-corrected chi connectivity index (χ2v) is 10.4. The Bertz CT molecular complexity index is 2000. The van der Waals surface area contributed by atoms with Gasteiger partial charge in [0.25, 0.3) is 0 Å². The molecule has 3 aromatic rings. The molecule has 0 bridgehead atoms. The molecular weight excluding hydrogens is 540 g/mol. The zero-order chi connectivity index (χ0) is 30.0. The highest BCUT2D eigenvalue weighted by Gasteiger charge is 2.48. The molecule has 2 unspecified atom stereocenters. The monoisotopic (exact) mass is 556 g/mol. The summed E-state index contributed by atoms with van der Waals surface area (Å²) in [5.74, 6) is -1.04. The van der Waals surface area contributed by atoms with Crippen LogP contribution in [0.5, 0.6) is 0 Å². The third-order valence-electron chi connectivity index (χ3n) is 8.26. The minimum atomic E-state index is -4.47. The number of fused-ring (bicyclic) bond motifs is 6. The molecule has 4 nitrogen and oxygen atoms in total. The predicted molar refractivity (Wildman–Crippen MR) is 147 cm³/mol. The lowest BCUT2D eigenvalue weighted by atomic mass is 9.70. The Morgan fingerprint density at radius 3 is 2.02 bits per heavy atom. The standard InChI is InChI=1S/C34H16F4N4/c1-33-9-8-19(18-2-4-22(5-3-18)34(36,37)38)10-30(33)32(21(16-41)17-42)28-12-25-24-7-6-23(35)11-26(24)31(20(14-39)15-40)27(25)13-29(28)33/h2-13,30H,1H3. The smallest absolute Gasteiger partial charge is 0.207 e. The summed E-state index contributed by atoms with van der Waals surface area (Å²) in [6.07, 6.45) is 1.08. The summed E-state index contributed by atoms with van der Waals surface area (Å²) in [5.41, 5.74) is 3.71. The lowest BCUT2D eigenvalue weighted by Gasteiger charge is -2.32. The number of alkyl halides is 3. The van der Waals surface area contributed by atoms with E-state index >= 15 is 0 Å². The summed E-state index contributed by atoms with van der Waals surface area (Å²) in [7, 11) is 0. The number of allylic oxidation sites excluding steroid dienone is 7. The van der Waals surface area contributed by atoms with Gasteiger partial charge in [-0.2, -0.15) is 34.2 Å². The van der Waals surface area contributed by atoms with Crippen molar-refractivity contribution in [3.8, 4) is 35.4 Å². The van der Waals surface area contributed by atoms with Crippen LogP contribution >= 0.6 is 0 Å². The molecule has 0 aromatic heterocycles. The first-order valence-electron chi connectivity index (χ1n) is 12.7. The molecule has 6 rings (SSSR count). The summed E-state index contributed by atoms with van der Waals surface area (Å²) in [4.78, 5) is 0. The van der Waals surface area contributed by atoms with E-state index in [0.717, 1.165) is 17.7 Å². The Morgan fingerprint density at radius 1 is 0.762 bits per heavy atom. The molecule has 8 heteroatoms. The fraction of sp³-hybridized carbons (Fsp3) is 0.118. The molecule has 0 saturated heterocycles. The summed E-state index contributed by atoms with van der Waals surface area (Å²) >= 11 is 0. The maximum absolute atomic E-state index is 14.3. The normalized spacial score (nSPS) is 19.3. The maximum Gasteiger partial charge on any atom is 0.416 e. The molecule has 3 aromatic carbocycles. The quantitative estimate of drug-likeness (QED) is 0.175. The molecule has 3 aliphatic rings. The average molecular weight is 557 g/mol. The summed E-state index contributed by atoms with van der Waals surface area (Å²) in [6.45, 7) is 1.93. The van der Waals surface area contributed by atoms with Gasteiger partial charge in [0.2, 0.25) is 0 Å². The fourth-order valence-corrected chi connectivity index (χ4v) is 6.27. The number of benzene rings is 3.